The van der Waals surface area contributed by atoms with Crippen molar-refractivity contribution in [2.24, 2.45) is 0 Å². The highest BCUT2D eigenvalue weighted by molar-refractivity contribution is 5.93. The SMILES string of the molecule is CCCC(NC(=O)C(C)OC(=O)c1ccc(OCc2c(C)noc2C)c(OC)c1)c1ccccc1. The van der Waals surface area contributed by atoms with Crippen LogP contribution in [0.1, 0.15) is 65.7 Å². The Hall–Kier alpha value is -3.81. The van der Waals surface area contributed by atoms with Crippen LogP contribution in [0.25, 0.3) is 0 Å². The van der Waals surface area contributed by atoms with Gasteiger partial charge in [-0.25, -0.2) is 4.79 Å². The highest BCUT2D eigenvalue weighted by atomic mass is 16.5. The first kappa shape index (κ1) is 25.8. The summed E-state index contributed by atoms with van der Waals surface area (Å²) in [6, 6.07) is 14.3. The standard InChI is InChI=1S/C27H32N2O6/c1-6-10-23(20-11-8-7-9-12-20)28-26(30)19(4)34-27(31)21-13-14-24(25(15-21)32-5)33-16-22-17(2)29-35-18(22)3/h7-9,11-15,19,23H,6,10,16H2,1-5H3,(H,28,30). The fraction of sp³-hybridized carbons (Fsp3) is 0.370. The topological polar surface area (TPSA) is 99.9 Å². The Labute approximate surface area is 205 Å². The van der Waals surface area contributed by atoms with Gasteiger partial charge in [0.1, 0.15) is 12.4 Å². The predicted octanol–water partition coefficient (Wildman–Crippen LogP) is 5.08. The van der Waals surface area contributed by atoms with Gasteiger partial charge in [-0.1, -0.05) is 48.8 Å². The number of hydrogen-bond acceptors (Lipinski definition) is 7. The number of benzene rings is 2. The summed E-state index contributed by atoms with van der Waals surface area (Å²) < 4.78 is 21.8. The first-order valence-electron chi connectivity index (χ1n) is 11.6. The first-order valence-corrected chi connectivity index (χ1v) is 11.6. The molecular formula is C27H32N2O6. The summed E-state index contributed by atoms with van der Waals surface area (Å²) in [6.45, 7) is 7.52. The van der Waals surface area contributed by atoms with Gasteiger partial charge in [-0.05, 0) is 51.0 Å². The zero-order chi connectivity index (χ0) is 25.4. The van der Waals surface area contributed by atoms with Gasteiger partial charge in [-0.15, -0.1) is 0 Å². The van der Waals surface area contributed by atoms with Crippen molar-refractivity contribution in [2.75, 3.05) is 7.11 Å². The maximum Gasteiger partial charge on any atom is 0.339 e. The smallest absolute Gasteiger partial charge is 0.339 e. The maximum atomic E-state index is 12.8. The van der Waals surface area contributed by atoms with E-state index in [1.807, 2.05) is 44.2 Å². The Kier molecular flexibility index (Phi) is 8.89. The number of aromatic nitrogens is 1. The molecule has 1 N–H and O–H groups in total. The summed E-state index contributed by atoms with van der Waals surface area (Å²) in [5.41, 5.74) is 2.87. The molecule has 35 heavy (non-hydrogen) atoms. The van der Waals surface area contributed by atoms with E-state index < -0.39 is 12.1 Å². The second-order valence-electron chi connectivity index (χ2n) is 8.27. The molecule has 1 aromatic heterocycles. The molecule has 0 aliphatic rings. The second-order valence-corrected chi connectivity index (χ2v) is 8.27. The molecule has 8 nitrogen and oxygen atoms in total. The molecule has 0 saturated carbocycles. The van der Waals surface area contributed by atoms with Crippen LogP contribution in [0.5, 0.6) is 11.5 Å². The quantitative estimate of drug-likeness (QED) is 0.382. The number of hydrogen-bond donors (Lipinski definition) is 1. The average Bonchev–Trinajstić information content (AvgIpc) is 3.19. The summed E-state index contributed by atoms with van der Waals surface area (Å²) in [4.78, 5) is 25.5. The molecule has 0 bridgehead atoms. The van der Waals surface area contributed by atoms with E-state index in [1.165, 1.54) is 13.2 Å². The van der Waals surface area contributed by atoms with Gasteiger partial charge in [0.2, 0.25) is 0 Å². The third-order valence-electron chi connectivity index (χ3n) is 5.70. The van der Waals surface area contributed by atoms with E-state index in [-0.39, 0.29) is 24.1 Å². The number of rotatable bonds is 11. The van der Waals surface area contributed by atoms with Gasteiger partial charge in [0.25, 0.3) is 5.91 Å². The number of carbonyl (C=O) groups excluding carboxylic acids is 2. The molecule has 0 saturated heterocycles. The van der Waals surface area contributed by atoms with Crippen molar-refractivity contribution in [3.8, 4) is 11.5 Å². The van der Waals surface area contributed by atoms with Crippen LogP contribution >= 0.6 is 0 Å². The molecule has 0 radical (unpaired) electrons. The van der Waals surface area contributed by atoms with Gasteiger partial charge in [-0.3, -0.25) is 4.79 Å². The fourth-order valence-electron chi connectivity index (χ4n) is 3.64. The third kappa shape index (κ3) is 6.62. The normalized spacial score (nSPS) is 12.5. The van der Waals surface area contributed by atoms with Crippen molar-refractivity contribution in [3.63, 3.8) is 0 Å². The second kappa shape index (κ2) is 12.1. The number of nitrogens with zero attached hydrogens (tertiary/aromatic N) is 1. The Bertz CT molecular complexity index is 1120. The highest BCUT2D eigenvalue weighted by Crippen LogP contribution is 2.30. The number of aryl methyl sites for hydroxylation is 2. The summed E-state index contributed by atoms with van der Waals surface area (Å²) >= 11 is 0. The van der Waals surface area contributed by atoms with Crippen LogP contribution in [-0.4, -0.2) is 30.2 Å². The third-order valence-corrected chi connectivity index (χ3v) is 5.70. The molecule has 1 heterocycles. The lowest BCUT2D eigenvalue weighted by atomic mass is 10.0. The van der Waals surface area contributed by atoms with Crippen molar-refractivity contribution in [3.05, 3.63) is 76.7 Å². The zero-order valence-electron chi connectivity index (χ0n) is 20.8. The van der Waals surface area contributed by atoms with Crippen molar-refractivity contribution < 1.29 is 28.3 Å². The van der Waals surface area contributed by atoms with Crippen LogP contribution in [0.15, 0.2) is 53.1 Å². The van der Waals surface area contributed by atoms with Crippen LogP contribution in [0.2, 0.25) is 0 Å². The lowest BCUT2D eigenvalue weighted by Gasteiger charge is -2.21. The van der Waals surface area contributed by atoms with Crippen molar-refractivity contribution in [1.29, 1.82) is 0 Å². The van der Waals surface area contributed by atoms with Crippen molar-refractivity contribution in [2.45, 2.75) is 59.3 Å². The molecule has 3 rings (SSSR count). The molecule has 0 aliphatic heterocycles. The van der Waals surface area contributed by atoms with Crippen LogP contribution in [0, 0.1) is 13.8 Å². The number of amides is 1. The fourth-order valence-corrected chi connectivity index (χ4v) is 3.64. The molecule has 2 aromatic carbocycles. The minimum Gasteiger partial charge on any atom is -0.493 e. The number of esters is 1. The minimum atomic E-state index is -0.966. The summed E-state index contributed by atoms with van der Waals surface area (Å²) in [6.07, 6.45) is 0.716. The molecule has 3 aromatic rings. The number of carbonyl (C=O) groups is 2. The van der Waals surface area contributed by atoms with Gasteiger partial charge in [0.05, 0.1) is 30.0 Å². The van der Waals surface area contributed by atoms with E-state index in [0.29, 0.717) is 17.3 Å². The highest BCUT2D eigenvalue weighted by Gasteiger charge is 2.23. The predicted molar refractivity (Wildman–Crippen MR) is 130 cm³/mol. The van der Waals surface area contributed by atoms with E-state index in [0.717, 1.165) is 29.7 Å². The molecule has 2 unspecified atom stereocenters. The molecule has 186 valence electrons. The zero-order valence-corrected chi connectivity index (χ0v) is 20.8. The monoisotopic (exact) mass is 480 g/mol. The van der Waals surface area contributed by atoms with E-state index in [1.54, 1.807) is 19.1 Å². The van der Waals surface area contributed by atoms with E-state index in [4.69, 9.17) is 18.7 Å². The van der Waals surface area contributed by atoms with Gasteiger partial charge in [-0.2, -0.15) is 0 Å². The van der Waals surface area contributed by atoms with Gasteiger partial charge in [0.15, 0.2) is 17.6 Å². The number of methoxy groups -OCH3 is 1. The van der Waals surface area contributed by atoms with E-state index in [2.05, 4.69) is 17.4 Å². The lowest BCUT2D eigenvalue weighted by molar-refractivity contribution is -0.129. The Morgan fingerprint density at radius 2 is 1.83 bits per heavy atom. The largest absolute Gasteiger partial charge is 0.493 e. The maximum absolute atomic E-state index is 12.8. The van der Waals surface area contributed by atoms with Crippen LogP contribution in [0.4, 0.5) is 0 Å². The molecule has 8 heteroatoms. The van der Waals surface area contributed by atoms with Gasteiger partial charge in [0, 0.05) is 0 Å². The van der Waals surface area contributed by atoms with Crippen LogP contribution < -0.4 is 14.8 Å². The van der Waals surface area contributed by atoms with Gasteiger partial charge >= 0.3 is 5.97 Å². The Morgan fingerprint density at radius 3 is 2.46 bits per heavy atom. The van der Waals surface area contributed by atoms with E-state index >= 15 is 0 Å². The minimum absolute atomic E-state index is 0.149. The molecule has 1 amide bonds. The summed E-state index contributed by atoms with van der Waals surface area (Å²) in [5.74, 6) is 0.528. The van der Waals surface area contributed by atoms with Crippen LogP contribution in [0.3, 0.4) is 0 Å². The Balaban J connectivity index is 1.63. The van der Waals surface area contributed by atoms with Gasteiger partial charge < -0.3 is 24.1 Å². The molecule has 0 spiro atoms. The van der Waals surface area contributed by atoms with Crippen molar-refractivity contribution in [1.82, 2.24) is 10.5 Å². The van der Waals surface area contributed by atoms with Crippen LogP contribution in [-0.2, 0) is 16.1 Å². The van der Waals surface area contributed by atoms with E-state index in [9.17, 15) is 9.59 Å². The molecule has 2 atom stereocenters. The molecule has 0 aliphatic carbocycles. The number of nitrogens with one attached hydrogen (secondary N) is 1. The first-order chi connectivity index (χ1) is 16.8. The molecule has 0 fully saturated rings. The summed E-state index contributed by atoms with van der Waals surface area (Å²) in [7, 11) is 1.49. The summed E-state index contributed by atoms with van der Waals surface area (Å²) in [5, 5.41) is 6.90. The Morgan fingerprint density at radius 1 is 1.09 bits per heavy atom. The lowest BCUT2D eigenvalue weighted by Crippen LogP contribution is -2.38. The molecular weight excluding hydrogens is 448 g/mol. The average molecular weight is 481 g/mol. The van der Waals surface area contributed by atoms with Crippen molar-refractivity contribution >= 4 is 11.9 Å². The number of ether oxygens (including phenoxy) is 3.